The van der Waals surface area contributed by atoms with E-state index in [1.165, 1.54) is 32.1 Å². The molecule has 1 aromatic heterocycles. The number of nitrogens with zero attached hydrogens (tertiary/aromatic N) is 2. The summed E-state index contributed by atoms with van der Waals surface area (Å²) in [4.78, 5) is 48.2. The number of hydrogen-bond donors (Lipinski definition) is 2. The van der Waals surface area contributed by atoms with Gasteiger partial charge in [-0.1, -0.05) is 39.2 Å². The molecule has 8 nitrogen and oxygen atoms in total. The van der Waals surface area contributed by atoms with Gasteiger partial charge in [-0.3, -0.25) is 19.3 Å². The number of fused-ring (bicyclic) bond motifs is 2. The van der Waals surface area contributed by atoms with Crippen molar-refractivity contribution in [2.45, 2.75) is 91.0 Å². The minimum absolute atomic E-state index is 0.0700. The van der Waals surface area contributed by atoms with Crippen LogP contribution < -0.4 is 15.0 Å². The maximum atomic E-state index is 14.1. The molecule has 2 fully saturated rings. The number of anilines is 1. The first-order chi connectivity index (χ1) is 20.2. The number of ether oxygens (including phenoxy) is 1. The maximum Gasteiger partial charge on any atom is 0.268 e. The van der Waals surface area contributed by atoms with E-state index in [9.17, 15) is 14.4 Å². The van der Waals surface area contributed by atoms with E-state index in [0.29, 0.717) is 48.7 Å². The smallest absolute Gasteiger partial charge is 0.268 e. The number of piperidine rings is 1. The number of aromatic amines is 1. The Bertz CT molecular complexity index is 1350. The van der Waals surface area contributed by atoms with Crippen LogP contribution in [0.1, 0.15) is 103 Å². The number of likely N-dealkylation sites (tertiary alicyclic amines) is 1. The number of amides is 2. The van der Waals surface area contributed by atoms with Gasteiger partial charge in [0.15, 0.2) is 5.78 Å². The lowest BCUT2D eigenvalue weighted by molar-refractivity contribution is -0.120. The number of aromatic nitrogens is 1. The highest BCUT2D eigenvalue weighted by Gasteiger charge is 2.37. The van der Waals surface area contributed by atoms with Crippen molar-refractivity contribution >= 4 is 23.3 Å². The Hall–Kier alpha value is -3.13. The number of carbonyl (C=O) groups is 3. The second kappa shape index (κ2) is 11.9. The van der Waals surface area contributed by atoms with Crippen LogP contribution in [0.3, 0.4) is 0 Å². The molecular weight excluding hydrogens is 528 g/mol. The van der Waals surface area contributed by atoms with Gasteiger partial charge in [0.25, 0.3) is 5.91 Å². The summed E-state index contributed by atoms with van der Waals surface area (Å²) in [7, 11) is 0. The summed E-state index contributed by atoms with van der Waals surface area (Å²) in [5.74, 6) is 1.20. The summed E-state index contributed by atoms with van der Waals surface area (Å²) in [6.45, 7) is 10.4. The van der Waals surface area contributed by atoms with Gasteiger partial charge in [0, 0.05) is 36.3 Å². The Balaban J connectivity index is 1.16. The van der Waals surface area contributed by atoms with E-state index in [0.717, 1.165) is 61.6 Å². The van der Waals surface area contributed by atoms with E-state index in [1.807, 2.05) is 30.0 Å². The van der Waals surface area contributed by atoms with Gasteiger partial charge in [0.2, 0.25) is 5.91 Å². The van der Waals surface area contributed by atoms with Crippen LogP contribution in [-0.2, 0) is 17.6 Å². The Kier molecular flexibility index (Phi) is 8.18. The lowest BCUT2D eigenvalue weighted by atomic mass is 9.75. The summed E-state index contributed by atoms with van der Waals surface area (Å²) in [6, 6.07) is 5.34. The fourth-order valence-electron chi connectivity index (χ4n) is 7.18. The molecule has 8 heteroatoms. The SMILES string of the molecule is Cc1c(C(=O)NC(CCC2CC2)C(=O)N2CCc3c(OCCN4CCCCC4)cccc32)[nH]c2c1C(=O)CC(C)(C)C2. The van der Waals surface area contributed by atoms with Crippen molar-refractivity contribution in [3.8, 4) is 5.75 Å². The predicted octanol–water partition coefficient (Wildman–Crippen LogP) is 5.22. The van der Waals surface area contributed by atoms with Crippen LogP contribution in [0.25, 0.3) is 0 Å². The Labute approximate surface area is 249 Å². The Morgan fingerprint density at radius 1 is 1.12 bits per heavy atom. The first kappa shape index (κ1) is 29.0. The average Bonchev–Trinajstić information content (AvgIpc) is 3.59. The van der Waals surface area contributed by atoms with Crippen molar-refractivity contribution in [2.24, 2.45) is 11.3 Å². The third kappa shape index (κ3) is 6.14. The van der Waals surface area contributed by atoms with Gasteiger partial charge in [-0.05, 0) is 87.6 Å². The molecule has 226 valence electrons. The van der Waals surface area contributed by atoms with Gasteiger partial charge in [-0.2, -0.15) is 0 Å². The highest BCUT2D eigenvalue weighted by molar-refractivity contribution is 6.06. The van der Waals surface area contributed by atoms with Gasteiger partial charge >= 0.3 is 0 Å². The van der Waals surface area contributed by atoms with Crippen molar-refractivity contribution in [3.63, 3.8) is 0 Å². The number of carbonyl (C=O) groups excluding carboxylic acids is 3. The number of ketones is 1. The molecule has 6 rings (SSSR count). The minimum Gasteiger partial charge on any atom is -0.492 e. The van der Waals surface area contributed by atoms with Crippen LogP contribution in [0, 0.1) is 18.3 Å². The van der Waals surface area contributed by atoms with Gasteiger partial charge in [0.05, 0.1) is 5.69 Å². The maximum absolute atomic E-state index is 14.1. The van der Waals surface area contributed by atoms with Crippen molar-refractivity contribution < 1.29 is 19.1 Å². The Morgan fingerprint density at radius 3 is 2.67 bits per heavy atom. The topological polar surface area (TPSA) is 94.7 Å². The monoisotopic (exact) mass is 574 g/mol. The highest BCUT2D eigenvalue weighted by atomic mass is 16.5. The summed E-state index contributed by atoms with van der Waals surface area (Å²) in [5.41, 5.74) is 4.40. The van der Waals surface area contributed by atoms with Gasteiger partial charge in [-0.15, -0.1) is 0 Å². The molecule has 2 N–H and O–H groups in total. The van der Waals surface area contributed by atoms with Gasteiger partial charge < -0.3 is 19.9 Å². The van der Waals surface area contributed by atoms with Crippen LogP contribution in [0.5, 0.6) is 5.75 Å². The number of rotatable bonds is 10. The van der Waals surface area contributed by atoms with E-state index in [-0.39, 0.29) is 23.0 Å². The van der Waals surface area contributed by atoms with E-state index < -0.39 is 6.04 Å². The molecule has 3 heterocycles. The van der Waals surface area contributed by atoms with E-state index in [2.05, 4.69) is 29.0 Å². The second-order valence-corrected chi connectivity index (χ2v) is 13.7. The minimum atomic E-state index is -0.625. The quantitative estimate of drug-likeness (QED) is 0.406. The molecule has 2 aromatic rings. The summed E-state index contributed by atoms with van der Waals surface area (Å²) in [6.07, 6.45) is 9.70. The molecule has 1 atom stereocenters. The lowest BCUT2D eigenvalue weighted by Gasteiger charge is -2.28. The predicted molar refractivity (Wildman–Crippen MR) is 163 cm³/mol. The number of Topliss-reactive ketones (excluding diaryl/α,β-unsaturated/α-hetero) is 1. The highest BCUT2D eigenvalue weighted by Crippen LogP contribution is 2.38. The molecule has 1 aromatic carbocycles. The molecular formula is C34H46N4O4. The van der Waals surface area contributed by atoms with E-state index in [4.69, 9.17) is 4.74 Å². The number of H-pyrrole nitrogens is 1. The molecule has 2 aliphatic heterocycles. The summed E-state index contributed by atoms with van der Waals surface area (Å²) in [5, 5.41) is 3.09. The third-order valence-electron chi connectivity index (χ3n) is 9.66. The standard InChI is InChI=1S/C34H46N4O4/c1-22-30-26(20-34(2,3)21-28(30)39)35-31(22)32(40)36-25(13-12-23-10-11-23)33(41)38-17-14-24-27(38)8-7-9-29(24)42-19-18-37-15-5-4-6-16-37/h7-9,23,25,35H,4-6,10-21H2,1-3H3,(H,36,40). The molecule has 4 aliphatic rings. The van der Waals surface area contributed by atoms with E-state index in [1.54, 1.807) is 0 Å². The molecule has 0 radical (unpaired) electrons. The second-order valence-electron chi connectivity index (χ2n) is 13.7. The first-order valence-corrected chi connectivity index (χ1v) is 16.0. The van der Waals surface area contributed by atoms with Gasteiger partial charge in [-0.25, -0.2) is 0 Å². The van der Waals surface area contributed by atoms with Crippen LogP contribution in [-0.4, -0.2) is 66.3 Å². The molecule has 0 spiro atoms. The molecule has 1 saturated carbocycles. The number of benzene rings is 1. The molecule has 0 bridgehead atoms. The summed E-state index contributed by atoms with van der Waals surface area (Å²) >= 11 is 0. The van der Waals surface area contributed by atoms with Crippen LogP contribution >= 0.6 is 0 Å². The van der Waals surface area contributed by atoms with E-state index >= 15 is 0 Å². The molecule has 1 unspecified atom stereocenters. The molecule has 2 aliphatic carbocycles. The van der Waals surface area contributed by atoms with Crippen LogP contribution in [0.4, 0.5) is 5.69 Å². The largest absolute Gasteiger partial charge is 0.492 e. The molecule has 2 amide bonds. The lowest BCUT2D eigenvalue weighted by Crippen LogP contribution is -2.48. The fourth-order valence-corrected chi connectivity index (χ4v) is 7.18. The summed E-state index contributed by atoms with van der Waals surface area (Å²) < 4.78 is 6.25. The zero-order valence-corrected chi connectivity index (χ0v) is 25.5. The van der Waals surface area contributed by atoms with Crippen molar-refractivity contribution in [2.75, 3.05) is 37.7 Å². The Morgan fingerprint density at radius 2 is 1.90 bits per heavy atom. The molecule has 42 heavy (non-hydrogen) atoms. The number of nitrogens with one attached hydrogen (secondary N) is 2. The van der Waals surface area contributed by atoms with Crippen LogP contribution in [0.2, 0.25) is 0 Å². The number of hydrogen-bond acceptors (Lipinski definition) is 5. The van der Waals surface area contributed by atoms with Crippen molar-refractivity contribution in [1.29, 1.82) is 0 Å². The van der Waals surface area contributed by atoms with Crippen molar-refractivity contribution in [3.05, 3.63) is 46.3 Å². The third-order valence-corrected chi connectivity index (χ3v) is 9.66. The first-order valence-electron chi connectivity index (χ1n) is 16.0. The van der Waals surface area contributed by atoms with Crippen molar-refractivity contribution in [1.82, 2.24) is 15.2 Å². The van der Waals surface area contributed by atoms with Crippen LogP contribution in [0.15, 0.2) is 18.2 Å². The molecule has 1 saturated heterocycles. The normalized spacial score (nSPS) is 20.6. The average molecular weight is 575 g/mol. The van der Waals surface area contributed by atoms with Gasteiger partial charge in [0.1, 0.15) is 24.1 Å². The zero-order valence-electron chi connectivity index (χ0n) is 25.5. The zero-order chi connectivity index (χ0) is 29.4. The fraction of sp³-hybridized carbons (Fsp3) is 0.618.